The summed E-state index contributed by atoms with van der Waals surface area (Å²) in [5.74, 6) is 0.784. The van der Waals surface area contributed by atoms with Crippen molar-refractivity contribution in [3.05, 3.63) is 65.3 Å². The SMILES string of the molecule is Cc1noc(C)c1CCC(=O)NCc1cnn(-c2ccccc2)c1. The smallest absolute Gasteiger partial charge is 0.220 e. The molecule has 0 saturated heterocycles. The van der Waals surface area contributed by atoms with Gasteiger partial charge in [0.25, 0.3) is 0 Å². The lowest BCUT2D eigenvalue weighted by atomic mass is 10.1. The highest BCUT2D eigenvalue weighted by atomic mass is 16.5. The first-order chi connectivity index (χ1) is 11.6. The van der Waals surface area contributed by atoms with Gasteiger partial charge < -0.3 is 9.84 Å². The van der Waals surface area contributed by atoms with Crippen molar-refractivity contribution in [2.24, 2.45) is 0 Å². The summed E-state index contributed by atoms with van der Waals surface area (Å²) in [4.78, 5) is 12.0. The fourth-order valence-electron chi connectivity index (χ4n) is 2.56. The predicted octanol–water partition coefficient (Wildman–Crippen LogP) is 2.73. The topological polar surface area (TPSA) is 73.0 Å². The summed E-state index contributed by atoms with van der Waals surface area (Å²) < 4.78 is 6.91. The summed E-state index contributed by atoms with van der Waals surface area (Å²) in [6.45, 7) is 4.22. The molecule has 2 heterocycles. The Labute approximate surface area is 140 Å². The normalized spacial score (nSPS) is 10.8. The Hall–Kier alpha value is -2.89. The first kappa shape index (κ1) is 16.0. The molecule has 1 amide bonds. The largest absolute Gasteiger partial charge is 0.361 e. The molecule has 0 spiro atoms. The average molecular weight is 324 g/mol. The van der Waals surface area contributed by atoms with E-state index in [0.29, 0.717) is 19.4 Å². The molecular formula is C18H20N4O2. The van der Waals surface area contributed by atoms with Gasteiger partial charge in [-0.05, 0) is 32.4 Å². The number of hydrogen-bond donors (Lipinski definition) is 1. The molecule has 1 N–H and O–H groups in total. The van der Waals surface area contributed by atoms with Gasteiger partial charge in [-0.2, -0.15) is 5.10 Å². The van der Waals surface area contributed by atoms with Crippen LogP contribution in [0, 0.1) is 13.8 Å². The molecule has 3 rings (SSSR count). The Morgan fingerprint density at radius 2 is 2.04 bits per heavy atom. The Morgan fingerprint density at radius 3 is 2.75 bits per heavy atom. The van der Waals surface area contributed by atoms with Crippen molar-refractivity contribution in [2.75, 3.05) is 0 Å². The number of amides is 1. The molecule has 0 atom stereocenters. The van der Waals surface area contributed by atoms with Crippen LogP contribution in [0.1, 0.15) is 29.0 Å². The van der Waals surface area contributed by atoms with Crippen LogP contribution in [0.5, 0.6) is 0 Å². The molecule has 0 aliphatic heterocycles. The van der Waals surface area contributed by atoms with E-state index in [1.165, 1.54) is 0 Å². The van der Waals surface area contributed by atoms with Gasteiger partial charge in [0.1, 0.15) is 5.76 Å². The number of benzene rings is 1. The van der Waals surface area contributed by atoms with Gasteiger partial charge in [0.15, 0.2) is 0 Å². The molecule has 6 nitrogen and oxygen atoms in total. The Balaban J connectivity index is 1.51. The van der Waals surface area contributed by atoms with Crippen LogP contribution in [-0.2, 0) is 17.8 Å². The van der Waals surface area contributed by atoms with Crippen LogP contribution in [0.2, 0.25) is 0 Å². The van der Waals surface area contributed by atoms with E-state index >= 15 is 0 Å². The van der Waals surface area contributed by atoms with Crippen molar-refractivity contribution >= 4 is 5.91 Å². The third-order valence-corrected chi connectivity index (χ3v) is 3.93. The molecule has 3 aromatic rings. The maximum absolute atomic E-state index is 12.0. The molecule has 0 aliphatic carbocycles. The second kappa shape index (κ2) is 7.12. The zero-order valence-corrected chi connectivity index (χ0v) is 13.8. The summed E-state index contributed by atoms with van der Waals surface area (Å²) in [7, 11) is 0. The van der Waals surface area contributed by atoms with Crippen LogP contribution in [0.3, 0.4) is 0 Å². The number of nitrogens with one attached hydrogen (secondary N) is 1. The van der Waals surface area contributed by atoms with Crippen molar-refractivity contribution in [1.29, 1.82) is 0 Å². The molecule has 0 aliphatic rings. The minimum atomic E-state index is 0.00228. The van der Waals surface area contributed by atoms with Crippen LogP contribution in [-0.4, -0.2) is 20.8 Å². The van der Waals surface area contributed by atoms with E-state index in [9.17, 15) is 4.79 Å². The molecule has 24 heavy (non-hydrogen) atoms. The molecule has 0 radical (unpaired) electrons. The van der Waals surface area contributed by atoms with Gasteiger partial charge in [-0.3, -0.25) is 4.79 Å². The van der Waals surface area contributed by atoms with Crippen molar-refractivity contribution in [3.63, 3.8) is 0 Å². The van der Waals surface area contributed by atoms with Crippen LogP contribution in [0.4, 0.5) is 0 Å². The highest BCUT2D eigenvalue weighted by Crippen LogP contribution is 2.14. The maximum Gasteiger partial charge on any atom is 0.220 e. The van der Waals surface area contributed by atoms with E-state index in [4.69, 9.17) is 4.52 Å². The quantitative estimate of drug-likeness (QED) is 0.756. The summed E-state index contributed by atoms with van der Waals surface area (Å²) in [5, 5.41) is 11.1. The second-order valence-electron chi connectivity index (χ2n) is 5.71. The van der Waals surface area contributed by atoms with Crippen molar-refractivity contribution in [1.82, 2.24) is 20.3 Å². The van der Waals surface area contributed by atoms with E-state index < -0.39 is 0 Å². The number of carbonyl (C=O) groups is 1. The Bertz CT molecular complexity index is 801. The fraction of sp³-hybridized carbons (Fsp3) is 0.278. The standard InChI is InChI=1S/C18H20N4O2/c1-13-17(14(2)24-21-13)8-9-18(23)19-10-15-11-20-22(12-15)16-6-4-3-5-7-16/h3-7,11-12H,8-10H2,1-2H3,(H,19,23). The summed E-state index contributed by atoms with van der Waals surface area (Å²) in [6, 6.07) is 9.87. The lowest BCUT2D eigenvalue weighted by Gasteiger charge is -2.03. The first-order valence-corrected chi connectivity index (χ1v) is 7.91. The third-order valence-electron chi connectivity index (χ3n) is 3.93. The summed E-state index contributed by atoms with van der Waals surface area (Å²) in [6.07, 6.45) is 4.73. The highest BCUT2D eigenvalue weighted by Gasteiger charge is 2.11. The van der Waals surface area contributed by atoms with E-state index in [1.807, 2.05) is 50.4 Å². The Kier molecular flexibility index (Phi) is 4.74. The third kappa shape index (κ3) is 3.71. The van der Waals surface area contributed by atoms with Gasteiger partial charge >= 0.3 is 0 Å². The minimum Gasteiger partial charge on any atom is -0.361 e. The number of hydrogen-bond acceptors (Lipinski definition) is 4. The highest BCUT2D eigenvalue weighted by molar-refractivity contribution is 5.76. The zero-order chi connectivity index (χ0) is 16.9. The molecular weight excluding hydrogens is 304 g/mol. The monoisotopic (exact) mass is 324 g/mol. The second-order valence-corrected chi connectivity index (χ2v) is 5.71. The number of carbonyl (C=O) groups excluding carboxylic acids is 1. The molecule has 0 bridgehead atoms. The van der Waals surface area contributed by atoms with Gasteiger partial charge in [0.05, 0.1) is 17.6 Å². The van der Waals surface area contributed by atoms with Crippen molar-refractivity contribution in [2.45, 2.75) is 33.2 Å². The number of rotatable bonds is 6. The van der Waals surface area contributed by atoms with Crippen LogP contribution in [0.15, 0.2) is 47.2 Å². The predicted molar refractivity (Wildman–Crippen MR) is 89.7 cm³/mol. The van der Waals surface area contributed by atoms with Gasteiger partial charge in [0.2, 0.25) is 5.91 Å². The molecule has 0 unspecified atom stereocenters. The van der Waals surface area contributed by atoms with E-state index in [1.54, 1.807) is 10.9 Å². The number of aryl methyl sites for hydroxylation is 2. The lowest BCUT2D eigenvalue weighted by Crippen LogP contribution is -2.22. The van der Waals surface area contributed by atoms with E-state index in [0.717, 1.165) is 28.3 Å². The molecule has 0 fully saturated rings. The number of aromatic nitrogens is 3. The molecule has 1 aromatic carbocycles. The molecule has 6 heteroatoms. The van der Waals surface area contributed by atoms with Gasteiger partial charge in [-0.15, -0.1) is 0 Å². The van der Waals surface area contributed by atoms with Gasteiger partial charge in [-0.25, -0.2) is 4.68 Å². The first-order valence-electron chi connectivity index (χ1n) is 7.91. The van der Waals surface area contributed by atoms with Crippen molar-refractivity contribution in [3.8, 4) is 5.69 Å². The summed E-state index contributed by atoms with van der Waals surface area (Å²) in [5.41, 5.74) is 3.82. The molecule has 124 valence electrons. The molecule has 2 aromatic heterocycles. The maximum atomic E-state index is 12.0. The lowest BCUT2D eigenvalue weighted by molar-refractivity contribution is -0.121. The van der Waals surface area contributed by atoms with Crippen molar-refractivity contribution < 1.29 is 9.32 Å². The van der Waals surface area contributed by atoms with Gasteiger partial charge in [-0.1, -0.05) is 23.4 Å². The molecule has 0 saturated carbocycles. The minimum absolute atomic E-state index is 0.00228. The fourth-order valence-corrected chi connectivity index (χ4v) is 2.56. The van der Waals surface area contributed by atoms with E-state index in [-0.39, 0.29) is 5.91 Å². The summed E-state index contributed by atoms with van der Waals surface area (Å²) >= 11 is 0. The average Bonchev–Trinajstić information content (AvgIpc) is 3.19. The zero-order valence-electron chi connectivity index (χ0n) is 13.8. The Morgan fingerprint density at radius 1 is 1.25 bits per heavy atom. The number of para-hydroxylation sites is 1. The van der Waals surface area contributed by atoms with Crippen LogP contribution >= 0.6 is 0 Å². The van der Waals surface area contributed by atoms with Gasteiger partial charge in [0, 0.05) is 30.3 Å². The van der Waals surface area contributed by atoms with Crippen LogP contribution < -0.4 is 5.32 Å². The van der Waals surface area contributed by atoms with Crippen LogP contribution in [0.25, 0.3) is 5.69 Å². The van der Waals surface area contributed by atoms with E-state index in [2.05, 4.69) is 15.6 Å². The number of nitrogens with zero attached hydrogens (tertiary/aromatic N) is 3.